The molecule has 0 bridgehead atoms. The number of nitrogens with zero attached hydrogens (tertiary/aromatic N) is 1. The summed E-state index contributed by atoms with van der Waals surface area (Å²) < 4.78 is 12.9. The van der Waals surface area contributed by atoms with Crippen LogP contribution in [0, 0.1) is 19.7 Å². The van der Waals surface area contributed by atoms with E-state index in [2.05, 4.69) is 17.2 Å². The SMILES string of the molecule is Cc1nc(CNc2cccc(F)c2)sc1C. The van der Waals surface area contributed by atoms with Crippen LogP contribution in [0.4, 0.5) is 10.1 Å². The van der Waals surface area contributed by atoms with Crippen LogP contribution in [-0.4, -0.2) is 4.98 Å². The number of benzene rings is 1. The van der Waals surface area contributed by atoms with Crippen LogP contribution in [0.3, 0.4) is 0 Å². The lowest BCUT2D eigenvalue weighted by Crippen LogP contribution is -1.98. The molecule has 0 aliphatic rings. The highest BCUT2D eigenvalue weighted by atomic mass is 32.1. The maximum Gasteiger partial charge on any atom is 0.125 e. The molecule has 84 valence electrons. The summed E-state index contributed by atoms with van der Waals surface area (Å²) in [5, 5.41) is 4.18. The molecule has 0 aliphatic carbocycles. The zero-order chi connectivity index (χ0) is 11.5. The molecule has 0 aliphatic heterocycles. The number of hydrogen-bond acceptors (Lipinski definition) is 3. The monoisotopic (exact) mass is 236 g/mol. The zero-order valence-electron chi connectivity index (χ0n) is 9.25. The van der Waals surface area contributed by atoms with Gasteiger partial charge in [0, 0.05) is 10.6 Å². The number of halogens is 1. The van der Waals surface area contributed by atoms with Crippen molar-refractivity contribution in [3.63, 3.8) is 0 Å². The molecule has 2 nitrogen and oxygen atoms in total. The molecular formula is C12H13FN2S. The van der Waals surface area contributed by atoms with Crippen molar-refractivity contribution < 1.29 is 4.39 Å². The topological polar surface area (TPSA) is 24.9 Å². The fourth-order valence-electron chi connectivity index (χ4n) is 1.39. The molecule has 16 heavy (non-hydrogen) atoms. The smallest absolute Gasteiger partial charge is 0.125 e. The van der Waals surface area contributed by atoms with Gasteiger partial charge in [-0.15, -0.1) is 11.3 Å². The van der Waals surface area contributed by atoms with E-state index in [0.717, 1.165) is 16.4 Å². The van der Waals surface area contributed by atoms with Gasteiger partial charge in [0.25, 0.3) is 0 Å². The molecule has 0 amide bonds. The molecule has 0 saturated carbocycles. The van der Waals surface area contributed by atoms with E-state index >= 15 is 0 Å². The minimum absolute atomic E-state index is 0.225. The third-order valence-electron chi connectivity index (χ3n) is 2.34. The van der Waals surface area contributed by atoms with Crippen molar-refractivity contribution in [1.82, 2.24) is 4.98 Å². The minimum atomic E-state index is -0.225. The summed E-state index contributed by atoms with van der Waals surface area (Å²) >= 11 is 1.67. The molecule has 1 heterocycles. The molecule has 0 fully saturated rings. The van der Waals surface area contributed by atoms with Gasteiger partial charge in [-0.05, 0) is 32.0 Å². The van der Waals surface area contributed by atoms with Crippen LogP contribution in [0.2, 0.25) is 0 Å². The van der Waals surface area contributed by atoms with Crippen molar-refractivity contribution in [1.29, 1.82) is 0 Å². The molecule has 0 radical (unpaired) electrons. The molecule has 0 spiro atoms. The number of hydrogen-bond donors (Lipinski definition) is 1. The average Bonchev–Trinajstić information content (AvgIpc) is 2.56. The number of aromatic nitrogens is 1. The Kier molecular flexibility index (Phi) is 3.19. The molecule has 2 aromatic rings. The highest BCUT2D eigenvalue weighted by Gasteiger charge is 2.03. The first kappa shape index (κ1) is 11.1. The van der Waals surface area contributed by atoms with Crippen LogP contribution in [0.1, 0.15) is 15.6 Å². The highest BCUT2D eigenvalue weighted by Crippen LogP contribution is 2.18. The summed E-state index contributed by atoms with van der Waals surface area (Å²) in [4.78, 5) is 5.64. The van der Waals surface area contributed by atoms with Crippen molar-refractivity contribution in [2.75, 3.05) is 5.32 Å². The van der Waals surface area contributed by atoms with Gasteiger partial charge in [0.2, 0.25) is 0 Å². The molecule has 1 aromatic carbocycles. The molecule has 1 N–H and O–H groups in total. The predicted octanol–water partition coefficient (Wildman–Crippen LogP) is 3.51. The first-order chi connectivity index (χ1) is 7.65. The van der Waals surface area contributed by atoms with Crippen LogP contribution in [0.15, 0.2) is 24.3 Å². The second-order valence-electron chi connectivity index (χ2n) is 3.61. The predicted molar refractivity (Wildman–Crippen MR) is 65.3 cm³/mol. The molecule has 4 heteroatoms. The lowest BCUT2D eigenvalue weighted by atomic mass is 10.3. The zero-order valence-corrected chi connectivity index (χ0v) is 10.1. The summed E-state index contributed by atoms with van der Waals surface area (Å²) in [5.74, 6) is -0.225. The third kappa shape index (κ3) is 2.58. The van der Waals surface area contributed by atoms with Crippen molar-refractivity contribution in [2.45, 2.75) is 20.4 Å². The normalized spacial score (nSPS) is 10.4. The fourth-order valence-corrected chi connectivity index (χ4v) is 2.26. The standard InChI is InChI=1S/C12H13FN2S/c1-8-9(2)16-12(15-8)7-14-11-5-3-4-10(13)6-11/h3-6,14H,7H2,1-2H3. The summed E-state index contributed by atoms with van der Waals surface area (Å²) in [6.07, 6.45) is 0. The minimum Gasteiger partial charge on any atom is -0.378 e. The Hall–Kier alpha value is -1.42. The fraction of sp³-hybridized carbons (Fsp3) is 0.250. The quantitative estimate of drug-likeness (QED) is 0.882. The number of thiazole rings is 1. The van der Waals surface area contributed by atoms with Crippen LogP contribution < -0.4 is 5.32 Å². The molecule has 0 saturated heterocycles. The Labute approximate surface area is 98.2 Å². The van der Waals surface area contributed by atoms with Crippen LogP contribution >= 0.6 is 11.3 Å². The number of nitrogens with one attached hydrogen (secondary N) is 1. The lowest BCUT2D eigenvalue weighted by molar-refractivity contribution is 0.628. The Balaban J connectivity index is 2.02. The van der Waals surface area contributed by atoms with Crippen molar-refractivity contribution in [3.05, 3.63) is 45.7 Å². The number of aryl methyl sites for hydroxylation is 2. The van der Waals surface area contributed by atoms with Crippen molar-refractivity contribution >= 4 is 17.0 Å². The molecule has 0 atom stereocenters. The summed E-state index contributed by atoms with van der Waals surface area (Å²) in [6, 6.07) is 6.45. The molecular weight excluding hydrogens is 223 g/mol. The van der Waals surface area contributed by atoms with Gasteiger partial charge in [-0.25, -0.2) is 9.37 Å². The Morgan fingerprint density at radius 2 is 2.19 bits per heavy atom. The maximum atomic E-state index is 12.9. The molecule has 2 rings (SSSR count). The van der Waals surface area contributed by atoms with E-state index in [1.165, 1.54) is 17.0 Å². The summed E-state index contributed by atoms with van der Waals surface area (Å²) in [7, 11) is 0. The van der Waals surface area contributed by atoms with Crippen LogP contribution in [0.25, 0.3) is 0 Å². The summed E-state index contributed by atoms with van der Waals surface area (Å²) in [6.45, 7) is 4.69. The van der Waals surface area contributed by atoms with Gasteiger partial charge in [0.1, 0.15) is 10.8 Å². The van der Waals surface area contributed by atoms with E-state index in [4.69, 9.17) is 0 Å². The average molecular weight is 236 g/mol. The largest absolute Gasteiger partial charge is 0.378 e. The molecule has 0 unspecified atom stereocenters. The van der Waals surface area contributed by atoms with E-state index in [-0.39, 0.29) is 5.82 Å². The van der Waals surface area contributed by atoms with E-state index in [9.17, 15) is 4.39 Å². The first-order valence-electron chi connectivity index (χ1n) is 5.07. The van der Waals surface area contributed by atoms with Gasteiger partial charge in [-0.3, -0.25) is 0 Å². The lowest BCUT2D eigenvalue weighted by Gasteiger charge is -2.03. The van der Waals surface area contributed by atoms with Crippen molar-refractivity contribution in [3.8, 4) is 0 Å². The third-order valence-corrected chi connectivity index (χ3v) is 3.41. The Morgan fingerprint density at radius 3 is 2.81 bits per heavy atom. The van der Waals surface area contributed by atoms with E-state index in [0.29, 0.717) is 6.54 Å². The van der Waals surface area contributed by atoms with Crippen LogP contribution in [-0.2, 0) is 6.54 Å². The van der Waals surface area contributed by atoms with Gasteiger partial charge >= 0.3 is 0 Å². The maximum absolute atomic E-state index is 12.9. The Bertz CT molecular complexity index is 474. The van der Waals surface area contributed by atoms with Gasteiger partial charge < -0.3 is 5.32 Å². The summed E-state index contributed by atoms with van der Waals surface area (Å²) in [5.41, 5.74) is 1.85. The van der Waals surface area contributed by atoms with Crippen molar-refractivity contribution in [2.24, 2.45) is 0 Å². The van der Waals surface area contributed by atoms with Gasteiger partial charge in [0.15, 0.2) is 0 Å². The first-order valence-corrected chi connectivity index (χ1v) is 5.89. The van der Waals surface area contributed by atoms with E-state index in [1.54, 1.807) is 17.4 Å². The van der Waals surface area contributed by atoms with E-state index < -0.39 is 0 Å². The number of rotatable bonds is 3. The second kappa shape index (κ2) is 4.61. The van der Waals surface area contributed by atoms with Gasteiger partial charge in [-0.2, -0.15) is 0 Å². The van der Waals surface area contributed by atoms with Gasteiger partial charge in [0.05, 0.1) is 12.2 Å². The number of anilines is 1. The van der Waals surface area contributed by atoms with E-state index in [1.807, 2.05) is 13.0 Å². The van der Waals surface area contributed by atoms with Crippen LogP contribution in [0.5, 0.6) is 0 Å². The highest BCUT2D eigenvalue weighted by molar-refractivity contribution is 7.11. The molecule has 1 aromatic heterocycles. The Morgan fingerprint density at radius 1 is 1.38 bits per heavy atom. The van der Waals surface area contributed by atoms with Gasteiger partial charge in [-0.1, -0.05) is 6.07 Å². The second-order valence-corrected chi connectivity index (χ2v) is 4.90.